The minimum absolute atomic E-state index is 0.0622. The number of amides is 1. The van der Waals surface area contributed by atoms with Crippen molar-refractivity contribution in [2.75, 3.05) is 7.11 Å². The normalized spacial score (nSPS) is 11.9. The monoisotopic (exact) mass is 403 g/mol. The number of halogens is 2. The summed E-state index contributed by atoms with van der Waals surface area (Å²) in [5.74, 6) is -1.75. The number of carbonyl (C=O) groups is 1. The fourth-order valence-electron chi connectivity index (χ4n) is 2.67. The van der Waals surface area contributed by atoms with Gasteiger partial charge in [0.05, 0.1) is 13.2 Å². The lowest BCUT2D eigenvalue weighted by Gasteiger charge is -2.07. The Hall–Kier alpha value is -3.46. The number of phenolic OH excluding ortho intramolecular Hbond substituents is 1. The number of rotatable bonds is 6. The molecule has 0 fully saturated rings. The maximum Gasteiger partial charge on any atom is 0.273 e. The van der Waals surface area contributed by atoms with Gasteiger partial charge in [-0.25, -0.2) is 13.8 Å². The van der Waals surface area contributed by atoms with Gasteiger partial charge in [-0.05, 0) is 31.2 Å². The Balaban J connectivity index is 1.86. The van der Waals surface area contributed by atoms with Crippen LogP contribution in [0, 0.1) is 11.6 Å². The molecule has 0 aliphatic carbocycles. The van der Waals surface area contributed by atoms with E-state index in [4.69, 9.17) is 14.9 Å². The predicted octanol–water partition coefficient (Wildman–Crippen LogP) is 3.28. The second-order valence-corrected chi connectivity index (χ2v) is 6.33. The summed E-state index contributed by atoms with van der Waals surface area (Å²) in [6.07, 6.45) is 0. The Morgan fingerprint density at radius 1 is 1.31 bits per heavy atom. The van der Waals surface area contributed by atoms with Crippen molar-refractivity contribution in [2.45, 2.75) is 19.5 Å². The van der Waals surface area contributed by atoms with E-state index in [2.05, 4.69) is 10.3 Å². The van der Waals surface area contributed by atoms with Crippen LogP contribution in [0.2, 0.25) is 0 Å². The highest BCUT2D eigenvalue weighted by molar-refractivity contribution is 5.93. The molecule has 3 rings (SSSR count). The molecule has 0 aliphatic rings. The van der Waals surface area contributed by atoms with E-state index in [1.54, 1.807) is 13.0 Å². The zero-order valence-corrected chi connectivity index (χ0v) is 15.7. The number of aromatic nitrogens is 1. The highest BCUT2D eigenvalue weighted by Crippen LogP contribution is 2.32. The van der Waals surface area contributed by atoms with Crippen molar-refractivity contribution in [1.29, 1.82) is 0 Å². The molecule has 0 bridgehead atoms. The molecule has 0 spiro atoms. The molecule has 152 valence electrons. The number of hydrogen-bond acceptors (Lipinski definition) is 6. The number of nitrogens with zero attached hydrogens (tertiary/aromatic N) is 1. The van der Waals surface area contributed by atoms with Crippen LogP contribution in [0.5, 0.6) is 11.5 Å². The van der Waals surface area contributed by atoms with E-state index >= 15 is 0 Å². The summed E-state index contributed by atoms with van der Waals surface area (Å²) in [5.41, 5.74) is 6.35. The predicted molar refractivity (Wildman–Crippen MR) is 100 cm³/mol. The van der Waals surface area contributed by atoms with Gasteiger partial charge in [0.15, 0.2) is 23.0 Å². The Bertz CT molecular complexity index is 1050. The van der Waals surface area contributed by atoms with Crippen LogP contribution in [0.25, 0.3) is 11.5 Å². The zero-order chi connectivity index (χ0) is 21.1. The molecule has 0 aliphatic heterocycles. The smallest absolute Gasteiger partial charge is 0.273 e. The van der Waals surface area contributed by atoms with Crippen LogP contribution in [-0.4, -0.2) is 23.1 Å². The van der Waals surface area contributed by atoms with E-state index in [1.807, 2.05) is 0 Å². The Morgan fingerprint density at radius 2 is 2.07 bits per heavy atom. The first-order valence-corrected chi connectivity index (χ1v) is 8.66. The minimum Gasteiger partial charge on any atom is -0.504 e. The molecule has 1 aromatic heterocycles. The number of aromatic hydroxyl groups is 1. The van der Waals surface area contributed by atoms with Crippen molar-refractivity contribution in [3.8, 4) is 23.0 Å². The van der Waals surface area contributed by atoms with E-state index in [0.29, 0.717) is 5.56 Å². The number of phenols is 1. The first-order chi connectivity index (χ1) is 13.8. The Labute approximate surface area is 165 Å². The van der Waals surface area contributed by atoms with E-state index in [0.717, 1.165) is 12.1 Å². The lowest BCUT2D eigenvalue weighted by atomic mass is 10.2. The Kier molecular flexibility index (Phi) is 5.79. The standard InChI is InChI=1S/C20H19F2N3O4/c1-10(23)18-17(19(27)24-9-12-3-5-13(21)8-14(12)22)25-20(29-18)11-4-6-16(28-2)15(26)7-11/h3-8,10,26H,9,23H2,1-2H3,(H,24,27). The first kappa shape index (κ1) is 20.3. The lowest BCUT2D eigenvalue weighted by molar-refractivity contribution is 0.0943. The molecule has 4 N–H and O–H groups in total. The molecule has 1 unspecified atom stereocenters. The van der Waals surface area contributed by atoms with Gasteiger partial charge in [0.1, 0.15) is 11.6 Å². The molecular formula is C20H19F2N3O4. The van der Waals surface area contributed by atoms with Crippen molar-refractivity contribution in [2.24, 2.45) is 5.73 Å². The summed E-state index contributed by atoms with van der Waals surface area (Å²) in [4.78, 5) is 16.8. The quantitative estimate of drug-likeness (QED) is 0.583. The molecule has 0 saturated carbocycles. The molecule has 0 saturated heterocycles. The molecule has 0 radical (unpaired) electrons. The highest BCUT2D eigenvalue weighted by atomic mass is 19.1. The first-order valence-electron chi connectivity index (χ1n) is 8.66. The average molecular weight is 403 g/mol. The number of methoxy groups -OCH3 is 1. The summed E-state index contributed by atoms with van der Waals surface area (Å²) in [6, 6.07) is 6.94. The van der Waals surface area contributed by atoms with Crippen LogP contribution in [0.3, 0.4) is 0 Å². The molecule has 1 atom stereocenters. The number of hydrogen-bond donors (Lipinski definition) is 3. The van der Waals surface area contributed by atoms with Crippen molar-refractivity contribution in [3.63, 3.8) is 0 Å². The third kappa shape index (κ3) is 4.35. The van der Waals surface area contributed by atoms with Gasteiger partial charge in [-0.3, -0.25) is 4.79 Å². The maximum absolute atomic E-state index is 13.8. The zero-order valence-electron chi connectivity index (χ0n) is 15.7. The van der Waals surface area contributed by atoms with Gasteiger partial charge < -0.3 is 25.3 Å². The molecule has 2 aromatic carbocycles. The van der Waals surface area contributed by atoms with E-state index in [1.165, 1.54) is 25.3 Å². The molecular weight excluding hydrogens is 384 g/mol. The summed E-state index contributed by atoms with van der Waals surface area (Å²) in [6.45, 7) is 1.45. The third-order valence-corrected chi connectivity index (χ3v) is 4.16. The molecule has 3 aromatic rings. The number of nitrogens with one attached hydrogen (secondary N) is 1. The lowest BCUT2D eigenvalue weighted by Crippen LogP contribution is -2.25. The summed E-state index contributed by atoms with van der Waals surface area (Å²) >= 11 is 0. The van der Waals surface area contributed by atoms with Crippen molar-refractivity contribution >= 4 is 5.91 Å². The second-order valence-electron chi connectivity index (χ2n) is 6.33. The van der Waals surface area contributed by atoms with Gasteiger partial charge in [-0.2, -0.15) is 0 Å². The topological polar surface area (TPSA) is 111 Å². The van der Waals surface area contributed by atoms with Gasteiger partial charge in [-0.15, -0.1) is 0 Å². The number of benzene rings is 2. The number of oxazole rings is 1. The van der Waals surface area contributed by atoms with Crippen molar-refractivity contribution < 1.29 is 27.8 Å². The van der Waals surface area contributed by atoms with Gasteiger partial charge in [0.2, 0.25) is 5.89 Å². The van der Waals surface area contributed by atoms with Gasteiger partial charge in [0.25, 0.3) is 5.91 Å². The van der Waals surface area contributed by atoms with Gasteiger partial charge in [0, 0.05) is 23.7 Å². The molecule has 29 heavy (non-hydrogen) atoms. The summed E-state index contributed by atoms with van der Waals surface area (Å²) < 4.78 is 37.4. The van der Waals surface area contributed by atoms with Crippen molar-refractivity contribution in [3.05, 3.63) is 65.1 Å². The van der Waals surface area contributed by atoms with Crippen molar-refractivity contribution in [1.82, 2.24) is 10.3 Å². The highest BCUT2D eigenvalue weighted by Gasteiger charge is 2.24. The van der Waals surface area contributed by atoms with Crippen LogP contribution in [0.1, 0.15) is 34.8 Å². The SMILES string of the molecule is COc1ccc(-c2nc(C(=O)NCc3ccc(F)cc3F)c(C(C)N)o2)cc1O. The molecule has 1 amide bonds. The fourth-order valence-corrected chi connectivity index (χ4v) is 2.67. The maximum atomic E-state index is 13.8. The van der Waals surface area contributed by atoms with Gasteiger partial charge >= 0.3 is 0 Å². The van der Waals surface area contributed by atoms with Crippen LogP contribution in [0.15, 0.2) is 40.8 Å². The largest absolute Gasteiger partial charge is 0.504 e. The Morgan fingerprint density at radius 3 is 2.69 bits per heavy atom. The van der Waals surface area contributed by atoms with Crippen LogP contribution >= 0.6 is 0 Å². The molecule has 7 nitrogen and oxygen atoms in total. The molecule has 9 heteroatoms. The van der Waals surface area contributed by atoms with Gasteiger partial charge in [-0.1, -0.05) is 6.07 Å². The van der Waals surface area contributed by atoms with Crippen LogP contribution < -0.4 is 15.8 Å². The number of nitrogens with two attached hydrogens (primary N) is 1. The van der Waals surface area contributed by atoms with E-state index in [-0.39, 0.29) is 41.0 Å². The third-order valence-electron chi connectivity index (χ3n) is 4.16. The summed E-state index contributed by atoms with van der Waals surface area (Å²) in [5, 5.41) is 12.5. The van der Waals surface area contributed by atoms with E-state index in [9.17, 15) is 18.7 Å². The minimum atomic E-state index is -0.771. The second kappa shape index (κ2) is 8.27. The average Bonchev–Trinajstić information content (AvgIpc) is 3.13. The van der Waals surface area contributed by atoms with Crippen LogP contribution in [0.4, 0.5) is 8.78 Å². The number of carbonyl (C=O) groups excluding carboxylic acids is 1. The fraction of sp³-hybridized carbons (Fsp3) is 0.200. The number of ether oxygens (including phenoxy) is 1. The molecule has 1 heterocycles. The summed E-state index contributed by atoms with van der Waals surface area (Å²) in [7, 11) is 1.42. The van der Waals surface area contributed by atoms with Crippen LogP contribution in [-0.2, 0) is 6.54 Å². The van der Waals surface area contributed by atoms with E-state index < -0.39 is 23.6 Å².